The first-order chi connectivity index (χ1) is 19.8. The number of hydrogen-bond donors (Lipinski definition) is 0. The van der Waals surface area contributed by atoms with E-state index in [9.17, 15) is 14.4 Å². The Morgan fingerprint density at radius 2 is 1.83 bits per heavy atom. The zero-order chi connectivity index (χ0) is 29.1. The molecule has 10 heteroatoms. The van der Waals surface area contributed by atoms with Crippen LogP contribution in [-0.4, -0.2) is 29.4 Å². The Balaban J connectivity index is 1.75. The molecule has 0 bridgehead atoms. The minimum Gasteiger partial charge on any atom is -0.463 e. The molecule has 0 saturated carbocycles. The molecule has 3 aromatic carbocycles. The van der Waals surface area contributed by atoms with Crippen LogP contribution in [0.4, 0.5) is 0 Å². The Kier molecular flexibility index (Phi) is 8.72. The molecule has 1 aliphatic heterocycles. The summed E-state index contributed by atoms with van der Waals surface area (Å²) in [6, 6.07) is 21.7. The second kappa shape index (κ2) is 12.4. The number of fused-ring (bicyclic) bond motifs is 1. The zero-order valence-electron chi connectivity index (χ0n) is 22.4. The van der Waals surface area contributed by atoms with Crippen molar-refractivity contribution in [1.82, 2.24) is 4.57 Å². The van der Waals surface area contributed by atoms with E-state index >= 15 is 0 Å². The number of benzene rings is 3. The molecule has 0 unspecified atom stereocenters. The van der Waals surface area contributed by atoms with Crippen molar-refractivity contribution in [3.05, 3.63) is 119 Å². The van der Waals surface area contributed by atoms with Crippen LogP contribution < -0.4 is 19.6 Å². The van der Waals surface area contributed by atoms with Crippen LogP contribution >= 0.6 is 39.0 Å². The molecule has 7 nitrogen and oxygen atoms in total. The summed E-state index contributed by atoms with van der Waals surface area (Å²) in [6.45, 7) is 3.27. The second-order valence-corrected chi connectivity index (χ2v) is 11.7. The van der Waals surface area contributed by atoms with Crippen molar-refractivity contribution < 1.29 is 19.1 Å². The van der Waals surface area contributed by atoms with E-state index in [2.05, 4.69) is 15.9 Å². The molecule has 1 atom stereocenters. The van der Waals surface area contributed by atoms with E-state index in [1.807, 2.05) is 60.9 Å². The van der Waals surface area contributed by atoms with Crippen LogP contribution in [-0.2, 0) is 14.3 Å². The minimum atomic E-state index is -0.739. The monoisotopic (exact) mass is 648 g/mol. The highest BCUT2D eigenvalue weighted by Gasteiger charge is 2.35. The van der Waals surface area contributed by atoms with Gasteiger partial charge in [-0.1, -0.05) is 59.9 Å². The lowest BCUT2D eigenvalue weighted by Crippen LogP contribution is -2.40. The van der Waals surface area contributed by atoms with E-state index in [-0.39, 0.29) is 12.2 Å². The van der Waals surface area contributed by atoms with E-state index in [0.717, 1.165) is 21.6 Å². The van der Waals surface area contributed by atoms with E-state index in [0.29, 0.717) is 30.8 Å². The van der Waals surface area contributed by atoms with Crippen molar-refractivity contribution in [3.8, 4) is 5.75 Å². The first-order valence-electron chi connectivity index (χ1n) is 12.7. The Bertz CT molecular complexity index is 1840. The molecule has 0 radical (unpaired) electrons. The lowest BCUT2D eigenvalue weighted by molar-refractivity contribution is -0.139. The summed E-state index contributed by atoms with van der Waals surface area (Å²) < 4.78 is 13.3. The number of esters is 2. The molecule has 41 heavy (non-hydrogen) atoms. The molecule has 5 rings (SSSR count). The molecule has 0 fully saturated rings. The number of rotatable bonds is 7. The minimum absolute atomic E-state index is 0.186. The molecule has 1 aromatic heterocycles. The molecule has 208 valence electrons. The summed E-state index contributed by atoms with van der Waals surface area (Å²) in [7, 11) is 0. The van der Waals surface area contributed by atoms with Gasteiger partial charge in [0.2, 0.25) is 0 Å². The largest absolute Gasteiger partial charge is 0.463 e. The highest BCUT2D eigenvalue weighted by molar-refractivity contribution is 9.10. The first-order valence-corrected chi connectivity index (χ1v) is 15.5. The number of nitrogens with zero attached hydrogens (tertiary/aromatic N) is 2. The molecule has 4 aromatic rings. The van der Waals surface area contributed by atoms with Crippen molar-refractivity contribution in [2.75, 3.05) is 12.9 Å². The van der Waals surface area contributed by atoms with Crippen LogP contribution in [0.1, 0.15) is 36.6 Å². The second-order valence-electron chi connectivity index (χ2n) is 8.99. The number of carbonyl (C=O) groups is 2. The molecular weight excluding hydrogens is 624 g/mol. The highest BCUT2D eigenvalue weighted by Crippen LogP contribution is 2.35. The maximum absolute atomic E-state index is 14.0. The van der Waals surface area contributed by atoms with Gasteiger partial charge in [-0.15, -0.1) is 11.8 Å². The van der Waals surface area contributed by atoms with Gasteiger partial charge in [0.15, 0.2) is 4.80 Å². The number of hydrogen-bond acceptors (Lipinski definition) is 8. The molecule has 0 aliphatic carbocycles. The maximum Gasteiger partial charge on any atom is 0.338 e. The number of carbonyl (C=O) groups excluding carboxylic acids is 2. The van der Waals surface area contributed by atoms with Crippen molar-refractivity contribution in [1.29, 1.82) is 0 Å². The molecule has 1 aliphatic rings. The smallest absolute Gasteiger partial charge is 0.338 e. The number of aromatic nitrogens is 1. The third kappa shape index (κ3) is 6.00. The topological polar surface area (TPSA) is 87.0 Å². The fourth-order valence-electron chi connectivity index (χ4n) is 4.54. The summed E-state index contributed by atoms with van der Waals surface area (Å²) in [4.78, 5) is 45.4. The standard InChI is InChI=1S/C31H25BrN2O5S2/c1-4-38-30(37)26-27(20-8-6-5-7-9-20)33-31-34(28(26)21-11-13-22(40-3)14-12-21)29(36)25(41-31)17-19-10-15-24(23(32)16-19)39-18(2)35/h5-17,28H,4H2,1-3H3/b25-17-/t28-/m1/s1. The molecule has 0 amide bonds. The predicted molar refractivity (Wildman–Crippen MR) is 165 cm³/mol. The SMILES string of the molecule is CCOC(=O)C1=C(c2ccccc2)N=c2s/c(=C\c3ccc(OC(C)=O)c(Br)c3)c(=O)n2[C@@H]1c1ccc(SC)cc1. The molecule has 0 N–H and O–H groups in total. The Labute approximate surface area is 253 Å². The lowest BCUT2D eigenvalue weighted by atomic mass is 9.93. The van der Waals surface area contributed by atoms with E-state index < -0.39 is 18.0 Å². The third-order valence-electron chi connectivity index (χ3n) is 6.31. The predicted octanol–water partition coefficient (Wildman–Crippen LogP) is 5.35. The Morgan fingerprint density at radius 1 is 1.10 bits per heavy atom. The van der Waals surface area contributed by atoms with Gasteiger partial charge in [0.1, 0.15) is 5.75 Å². The molecule has 2 heterocycles. The molecule has 0 saturated heterocycles. The zero-order valence-corrected chi connectivity index (χ0v) is 25.6. The fraction of sp³-hybridized carbons (Fsp3) is 0.161. The summed E-state index contributed by atoms with van der Waals surface area (Å²) in [5.74, 6) is -0.561. The molecule has 0 spiro atoms. The van der Waals surface area contributed by atoms with Crippen molar-refractivity contribution in [2.45, 2.75) is 24.8 Å². The van der Waals surface area contributed by atoms with Gasteiger partial charge < -0.3 is 9.47 Å². The van der Waals surface area contributed by atoms with Gasteiger partial charge in [-0.3, -0.25) is 14.2 Å². The van der Waals surface area contributed by atoms with Crippen LogP contribution in [0.25, 0.3) is 11.8 Å². The maximum atomic E-state index is 14.0. The number of halogens is 1. The van der Waals surface area contributed by atoms with Crippen molar-refractivity contribution >= 4 is 62.7 Å². The number of thioether (sulfide) groups is 1. The average Bonchev–Trinajstić information content (AvgIpc) is 3.28. The van der Waals surface area contributed by atoms with Gasteiger partial charge in [0, 0.05) is 17.4 Å². The lowest BCUT2D eigenvalue weighted by Gasteiger charge is -2.26. The van der Waals surface area contributed by atoms with Gasteiger partial charge in [0.25, 0.3) is 5.56 Å². The Morgan fingerprint density at radius 3 is 2.46 bits per heavy atom. The van der Waals surface area contributed by atoms with Crippen molar-refractivity contribution in [2.24, 2.45) is 4.99 Å². The average molecular weight is 650 g/mol. The summed E-state index contributed by atoms with van der Waals surface area (Å²) in [6.07, 6.45) is 3.75. The fourth-order valence-corrected chi connectivity index (χ4v) is 6.42. The van der Waals surface area contributed by atoms with E-state index in [1.165, 1.54) is 18.3 Å². The van der Waals surface area contributed by atoms with Crippen molar-refractivity contribution in [3.63, 3.8) is 0 Å². The van der Waals surface area contributed by atoms with Gasteiger partial charge in [-0.05, 0) is 70.6 Å². The normalized spacial score (nSPS) is 14.8. The van der Waals surface area contributed by atoms with E-state index in [4.69, 9.17) is 14.5 Å². The Hall–Kier alpha value is -3.73. The number of thiazole rings is 1. The van der Waals surface area contributed by atoms with Crippen LogP contribution in [0.5, 0.6) is 5.75 Å². The number of ether oxygens (including phenoxy) is 2. The third-order valence-corrected chi connectivity index (χ3v) is 8.66. The van der Waals surface area contributed by atoms with Gasteiger partial charge >= 0.3 is 11.9 Å². The van der Waals surface area contributed by atoms with Gasteiger partial charge in [-0.25, -0.2) is 9.79 Å². The first kappa shape index (κ1) is 28.8. The van der Waals surface area contributed by atoms with Crippen LogP contribution in [0.2, 0.25) is 0 Å². The summed E-state index contributed by atoms with van der Waals surface area (Å²) in [5, 5.41) is 0. The summed E-state index contributed by atoms with van der Waals surface area (Å²) >= 11 is 6.29. The molecular formula is C31H25BrN2O5S2. The summed E-state index contributed by atoms with van der Waals surface area (Å²) in [5.41, 5.74) is 2.76. The quantitative estimate of drug-likeness (QED) is 0.153. The van der Waals surface area contributed by atoms with Gasteiger partial charge in [0.05, 0.1) is 32.9 Å². The van der Waals surface area contributed by atoms with Crippen LogP contribution in [0.15, 0.2) is 97.5 Å². The van der Waals surface area contributed by atoms with Crippen LogP contribution in [0, 0.1) is 0 Å². The van der Waals surface area contributed by atoms with E-state index in [1.54, 1.807) is 47.5 Å². The highest BCUT2D eigenvalue weighted by atomic mass is 79.9. The van der Waals surface area contributed by atoms with Crippen LogP contribution in [0.3, 0.4) is 0 Å². The van der Waals surface area contributed by atoms with Gasteiger partial charge in [-0.2, -0.15) is 0 Å².